The Morgan fingerprint density at radius 2 is 1.96 bits per heavy atom. The first-order valence-corrected chi connectivity index (χ1v) is 7.94. The third kappa shape index (κ3) is 2.67. The molecule has 1 unspecified atom stereocenters. The average molecular weight is 320 g/mol. The van der Waals surface area contributed by atoms with Crippen LogP contribution in [0.2, 0.25) is 0 Å². The number of nitrogens with zero attached hydrogens (tertiary/aromatic N) is 4. The molecular formula is C18H16N4O2. The van der Waals surface area contributed by atoms with Gasteiger partial charge in [-0.25, -0.2) is 0 Å². The minimum absolute atomic E-state index is 0.0995. The summed E-state index contributed by atoms with van der Waals surface area (Å²) < 4.78 is 5.44. The molecule has 6 nitrogen and oxygen atoms in total. The maximum atomic E-state index is 12.7. The largest absolute Gasteiger partial charge is 0.337 e. The number of hydrogen-bond acceptors (Lipinski definition) is 5. The van der Waals surface area contributed by atoms with Crippen molar-refractivity contribution >= 4 is 5.91 Å². The quantitative estimate of drug-likeness (QED) is 0.741. The number of benzene rings is 1. The van der Waals surface area contributed by atoms with Crippen molar-refractivity contribution in [1.29, 1.82) is 0 Å². The second-order valence-corrected chi connectivity index (χ2v) is 5.69. The molecule has 1 aromatic carbocycles. The third-order valence-corrected chi connectivity index (χ3v) is 4.16. The number of carbonyl (C=O) groups excluding carboxylic acids is 1. The number of pyridine rings is 1. The molecule has 0 bridgehead atoms. The molecule has 6 heteroatoms. The van der Waals surface area contributed by atoms with Crippen LogP contribution in [-0.2, 0) is 0 Å². The molecule has 2 aromatic heterocycles. The molecule has 24 heavy (non-hydrogen) atoms. The maximum absolute atomic E-state index is 12.7. The van der Waals surface area contributed by atoms with Crippen LogP contribution >= 0.6 is 0 Å². The number of hydrogen-bond donors (Lipinski definition) is 0. The predicted octanol–water partition coefficient (Wildman–Crippen LogP) is 3.11. The summed E-state index contributed by atoms with van der Waals surface area (Å²) in [6.45, 7) is 0.670. The molecule has 4 rings (SSSR count). The third-order valence-electron chi connectivity index (χ3n) is 4.16. The molecule has 0 aliphatic carbocycles. The Hall–Kier alpha value is -3.02. The monoisotopic (exact) mass is 320 g/mol. The lowest BCUT2D eigenvalue weighted by molar-refractivity contribution is 0.0704. The van der Waals surface area contributed by atoms with E-state index >= 15 is 0 Å². The van der Waals surface area contributed by atoms with Crippen molar-refractivity contribution in [3.63, 3.8) is 0 Å². The Labute approximate surface area is 139 Å². The van der Waals surface area contributed by atoms with Gasteiger partial charge in [-0.1, -0.05) is 41.6 Å². The van der Waals surface area contributed by atoms with E-state index in [-0.39, 0.29) is 11.9 Å². The van der Waals surface area contributed by atoms with Crippen LogP contribution in [0.4, 0.5) is 0 Å². The summed E-state index contributed by atoms with van der Waals surface area (Å²) in [4.78, 5) is 23.1. The highest BCUT2D eigenvalue weighted by Gasteiger charge is 2.35. The van der Waals surface area contributed by atoms with Gasteiger partial charge in [0.05, 0.1) is 0 Å². The number of carbonyl (C=O) groups is 1. The number of likely N-dealkylation sites (tertiary alicyclic amines) is 1. The topological polar surface area (TPSA) is 72.1 Å². The van der Waals surface area contributed by atoms with Gasteiger partial charge in [-0.15, -0.1) is 0 Å². The lowest BCUT2D eigenvalue weighted by atomic mass is 10.2. The molecule has 3 aromatic rings. The van der Waals surface area contributed by atoms with E-state index in [1.165, 1.54) is 0 Å². The zero-order chi connectivity index (χ0) is 16.4. The normalized spacial score (nSPS) is 17.2. The zero-order valence-corrected chi connectivity index (χ0v) is 13.0. The van der Waals surface area contributed by atoms with Gasteiger partial charge < -0.3 is 9.42 Å². The molecule has 120 valence electrons. The minimum atomic E-state index is -0.190. The van der Waals surface area contributed by atoms with Crippen molar-refractivity contribution in [1.82, 2.24) is 20.0 Å². The predicted molar refractivity (Wildman–Crippen MR) is 87.0 cm³/mol. The molecule has 1 fully saturated rings. The van der Waals surface area contributed by atoms with Gasteiger partial charge in [-0.2, -0.15) is 4.98 Å². The van der Waals surface area contributed by atoms with Gasteiger partial charge in [0.25, 0.3) is 5.91 Å². The summed E-state index contributed by atoms with van der Waals surface area (Å²) in [6, 6.07) is 14.8. The van der Waals surface area contributed by atoms with E-state index < -0.39 is 0 Å². The molecule has 3 heterocycles. The summed E-state index contributed by atoms with van der Waals surface area (Å²) in [5, 5.41) is 4.06. The van der Waals surface area contributed by atoms with Gasteiger partial charge in [0.1, 0.15) is 11.7 Å². The van der Waals surface area contributed by atoms with Crippen LogP contribution in [0.1, 0.15) is 35.3 Å². The molecule has 0 radical (unpaired) electrons. The van der Waals surface area contributed by atoms with E-state index in [1.54, 1.807) is 23.2 Å². The van der Waals surface area contributed by atoms with Crippen molar-refractivity contribution in [2.45, 2.75) is 18.9 Å². The van der Waals surface area contributed by atoms with Crippen molar-refractivity contribution < 1.29 is 9.32 Å². The van der Waals surface area contributed by atoms with Gasteiger partial charge in [-0.05, 0) is 25.0 Å². The van der Waals surface area contributed by atoms with Crippen LogP contribution in [-0.4, -0.2) is 32.5 Å². The van der Waals surface area contributed by atoms with E-state index in [9.17, 15) is 4.79 Å². The van der Waals surface area contributed by atoms with Crippen LogP contribution in [0.3, 0.4) is 0 Å². The highest BCUT2D eigenvalue weighted by Crippen LogP contribution is 2.32. The van der Waals surface area contributed by atoms with Crippen molar-refractivity contribution in [2.24, 2.45) is 0 Å². The molecule has 0 saturated carbocycles. The summed E-state index contributed by atoms with van der Waals surface area (Å²) in [6.07, 6.45) is 3.35. The van der Waals surface area contributed by atoms with E-state index in [2.05, 4.69) is 15.1 Å². The summed E-state index contributed by atoms with van der Waals surface area (Å²) in [7, 11) is 0. The maximum Gasteiger partial charge on any atom is 0.273 e. The van der Waals surface area contributed by atoms with Crippen LogP contribution < -0.4 is 0 Å². The first kappa shape index (κ1) is 14.6. The highest BCUT2D eigenvalue weighted by molar-refractivity contribution is 5.92. The van der Waals surface area contributed by atoms with Crippen molar-refractivity contribution in [3.05, 3.63) is 66.3 Å². The Morgan fingerprint density at radius 3 is 2.75 bits per heavy atom. The van der Waals surface area contributed by atoms with Gasteiger partial charge in [0.2, 0.25) is 11.7 Å². The van der Waals surface area contributed by atoms with Gasteiger partial charge in [-0.3, -0.25) is 9.78 Å². The lowest BCUT2D eigenvalue weighted by Crippen LogP contribution is -2.31. The first-order valence-electron chi connectivity index (χ1n) is 7.94. The summed E-state index contributed by atoms with van der Waals surface area (Å²) in [5.41, 5.74) is 1.33. The van der Waals surface area contributed by atoms with E-state index in [1.807, 2.05) is 36.4 Å². The van der Waals surface area contributed by atoms with Crippen LogP contribution in [0.5, 0.6) is 0 Å². The van der Waals surface area contributed by atoms with Crippen LogP contribution in [0.15, 0.2) is 59.3 Å². The summed E-state index contributed by atoms with van der Waals surface area (Å²) in [5.74, 6) is 0.927. The fourth-order valence-electron chi connectivity index (χ4n) is 2.98. The molecule has 1 amide bonds. The van der Waals surface area contributed by atoms with Gasteiger partial charge in [0.15, 0.2) is 0 Å². The molecule has 1 aliphatic rings. The lowest BCUT2D eigenvalue weighted by Gasteiger charge is -2.21. The number of rotatable bonds is 3. The summed E-state index contributed by atoms with van der Waals surface area (Å²) >= 11 is 0. The van der Waals surface area contributed by atoms with Gasteiger partial charge in [0, 0.05) is 18.3 Å². The Bertz CT molecular complexity index is 832. The number of aromatic nitrogens is 3. The van der Waals surface area contributed by atoms with E-state index in [0.29, 0.717) is 24.0 Å². The molecule has 1 aliphatic heterocycles. The SMILES string of the molecule is O=C(c1ccccn1)N1CCCC1c1nc(-c2ccccc2)no1. The standard InChI is InChI=1S/C18H16N4O2/c23-18(14-9-4-5-11-19-14)22-12-6-10-15(22)17-20-16(21-24-17)13-7-2-1-3-8-13/h1-5,7-9,11,15H,6,10,12H2. The molecule has 0 N–H and O–H groups in total. The van der Waals surface area contributed by atoms with Crippen LogP contribution in [0, 0.1) is 0 Å². The van der Waals surface area contributed by atoms with E-state index in [4.69, 9.17) is 4.52 Å². The Balaban J connectivity index is 1.60. The van der Waals surface area contributed by atoms with Gasteiger partial charge >= 0.3 is 0 Å². The Kier molecular flexibility index (Phi) is 3.78. The van der Waals surface area contributed by atoms with Crippen molar-refractivity contribution in [3.8, 4) is 11.4 Å². The molecule has 0 spiro atoms. The molecule has 1 saturated heterocycles. The zero-order valence-electron chi connectivity index (χ0n) is 13.0. The molecule has 1 atom stereocenters. The van der Waals surface area contributed by atoms with Crippen molar-refractivity contribution in [2.75, 3.05) is 6.54 Å². The van der Waals surface area contributed by atoms with Crippen LogP contribution in [0.25, 0.3) is 11.4 Å². The number of amides is 1. The average Bonchev–Trinajstić information content (AvgIpc) is 3.32. The Morgan fingerprint density at radius 1 is 1.12 bits per heavy atom. The minimum Gasteiger partial charge on any atom is -0.337 e. The smallest absolute Gasteiger partial charge is 0.273 e. The fourth-order valence-corrected chi connectivity index (χ4v) is 2.98. The first-order chi connectivity index (χ1) is 11.8. The second kappa shape index (κ2) is 6.23. The fraction of sp³-hybridized carbons (Fsp3) is 0.222. The van der Waals surface area contributed by atoms with E-state index in [0.717, 1.165) is 18.4 Å². The second-order valence-electron chi connectivity index (χ2n) is 5.69. The molecular weight excluding hydrogens is 304 g/mol. The highest BCUT2D eigenvalue weighted by atomic mass is 16.5.